The number of thiazole rings is 1. The van der Waals surface area contributed by atoms with E-state index in [2.05, 4.69) is 15.3 Å². The van der Waals surface area contributed by atoms with Crippen molar-refractivity contribution < 1.29 is 9.18 Å². The lowest BCUT2D eigenvalue weighted by Crippen LogP contribution is -2.12. The maximum absolute atomic E-state index is 13.0. The summed E-state index contributed by atoms with van der Waals surface area (Å²) in [7, 11) is 0. The van der Waals surface area contributed by atoms with Gasteiger partial charge < -0.3 is 0 Å². The van der Waals surface area contributed by atoms with E-state index in [1.54, 1.807) is 0 Å². The third-order valence-corrected chi connectivity index (χ3v) is 3.69. The number of pyridine rings is 1. The van der Waals surface area contributed by atoms with E-state index in [0.717, 1.165) is 21.8 Å². The number of nitrogens with zero attached hydrogens (tertiary/aromatic N) is 2. The number of anilines is 1. The Morgan fingerprint density at radius 1 is 1.30 bits per heavy atom. The van der Waals surface area contributed by atoms with Crippen LogP contribution in [0.25, 0.3) is 10.2 Å². The van der Waals surface area contributed by atoms with Crippen LogP contribution < -0.4 is 5.32 Å². The number of nitrogens with one attached hydrogen (secondary N) is 1. The second-order valence-corrected chi connectivity index (χ2v) is 5.34. The molecule has 0 aliphatic rings. The summed E-state index contributed by atoms with van der Waals surface area (Å²) in [5.74, 6) is -1.08. The number of amides is 1. The Morgan fingerprint density at radius 2 is 2.15 bits per heavy atom. The molecule has 0 radical (unpaired) electrons. The van der Waals surface area contributed by atoms with Crippen LogP contribution in [0.4, 0.5) is 9.52 Å². The Hall–Kier alpha value is -2.34. The van der Waals surface area contributed by atoms with Crippen LogP contribution in [0, 0.1) is 12.9 Å². The number of rotatable bonds is 2. The molecule has 0 unspecified atom stereocenters. The molecule has 3 rings (SSSR count). The standard InChI is InChI=1S/C14H10FN3OS/c1-8-2-3-10-11(6-8)20-14(17-10)18-13(19)9-4-5-16-12(15)7-9/h2-7H,1H3,(H,17,18,19). The average Bonchev–Trinajstić information content (AvgIpc) is 2.80. The predicted molar refractivity (Wildman–Crippen MR) is 76.5 cm³/mol. The molecule has 0 spiro atoms. The van der Waals surface area contributed by atoms with Crippen LogP contribution >= 0.6 is 11.3 Å². The maximum Gasteiger partial charge on any atom is 0.257 e. The summed E-state index contributed by atoms with van der Waals surface area (Å²) in [5, 5.41) is 3.16. The number of hydrogen-bond donors (Lipinski definition) is 1. The molecule has 1 aromatic carbocycles. The van der Waals surface area contributed by atoms with Gasteiger partial charge in [-0.05, 0) is 30.7 Å². The molecule has 3 aromatic rings. The molecule has 0 atom stereocenters. The van der Waals surface area contributed by atoms with Crippen molar-refractivity contribution >= 4 is 32.6 Å². The van der Waals surface area contributed by atoms with Crippen molar-refractivity contribution in [1.82, 2.24) is 9.97 Å². The third-order valence-electron chi connectivity index (χ3n) is 2.75. The molecule has 4 nitrogen and oxygen atoms in total. The van der Waals surface area contributed by atoms with Gasteiger partial charge in [0.05, 0.1) is 10.2 Å². The van der Waals surface area contributed by atoms with E-state index in [9.17, 15) is 9.18 Å². The highest BCUT2D eigenvalue weighted by Gasteiger charge is 2.10. The van der Waals surface area contributed by atoms with Crippen LogP contribution in [-0.4, -0.2) is 15.9 Å². The molecule has 20 heavy (non-hydrogen) atoms. The van der Waals surface area contributed by atoms with Gasteiger partial charge in [-0.3, -0.25) is 10.1 Å². The molecule has 2 heterocycles. The Kier molecular flexibility index (Phi) is 3.15. The second-order valence-electron chi connectivity index (χ2n) is 4.31. The Morgan fingerprint density at radius 3 is 2.95 bits per heavy atom. The van der Waals surface area contributed by atoms with Crippen molar-refractivity contribution in [2.24, 2.45) is 0 Å². The van der Waals surface area contributed by atoms with Crippen molar-refractivity contribution in [1.29, 1.82) is 0 Å². The maximum atomic E-state index is 13.0. The van der Waals surface area contributed by atoms with Gasteiger partial charge in [-0.1, -0.05) is 17.4 Å². The molecule has 0 aliphatic carbocycles. The van der Waals surface area contributed by atoms with Gasteiger partial charge in [-0.25, -0.2) is 9.97 Å². The van der Waals surface area contributed by atoms with E-state index in [-0.39, 0.29) is 5.56 Å². The number of carbonyl (C=O) groups is 1. The van der Waals surface area contributed by atoms with Crippen molar-refractivity contribution in [2.45, 2.75) is 6.92 Å². The minimum Gasteiger partial charge on any atom is -0.298 e. The quantitative estimate of drug-likeness (QED) is 0.735. The molecular weight excluding hydrogens is 277 g/mol. The van der Waals surface area contributed by atoms with Gasteiger partial charge in [0.2, 0.25) is 5.95 Å². The average molecular weight is 287 g/mol. The van der Waals surface area contributed by atoms with Gasteiger partial charge in [0.15, 0.2) is 5.13 Å². The number of aryl methyl sites for hydroxylation is 1. The SMILES string of the molecule is Cc1ccc2nc(NC(=O)c3ccnc(F)c3)sc2c1. The molecule has 100 valence electrons. The first kappa shape index (κ1) is 12.7. The van der Waals surface area contributed by atoms with E-state index in [1.165, 1.54) is 23.6 Å². The number of hydrogen-bond acceptors (Lipinski definition) is 4. The van der Waals surface area contributed by atoms with Gasteiger partial charge >= 0.3 is 0 Å². The highest BCUT2D eigenvalue weighted by Crippen LogP contribution is 2.26. The zero-order chi connectivity index (χ0) is 14.1. The zero-order valence-corrected chi connectivity index (χ0v) is 11.4. The van der Waals surface area contributed by atoms with E-state index < -0.39 is 11.9 Å². The molecule has 0 bridgehead atoms. The summed E-state index contributed by atoms with van der Waals surface area (Å²) in [4.78, 5) is 19.7. The molecule has 1 N–H and O–H groups in total. The monoisotopic (exact) mass is 287 g/mol. The van der Waals surface area contributed by atoms with Crippen molar-refractivity contribution in [3.05, 3.63) is 53.6 Å². The Balaban J connectivity index is 1.87. The number of benzene rings is 1. The third kappa shape index (κ3) is 2.50. The van der Waals surface area contributed by atoms with Gasteiger partial charge in [0.1, 0.15) is 0 Å². The molecular formula is C14H10FN3OS. The minimum absolute atomic E-state index is 0.216. The van der Waals surface area contributed by atoms with E-state index in [1.807, 2.05) is 25.1 Å². The van der Waals surface area contributed by atoms with Gasteiger partial charge in [0.25, 0.3) is 5.91 Å². The Bertz CT molecular complexity index is 800. The topological polar surface area (TPSA) is 54.9 Å². The highest BCUT2D eigenvalue weighted by atomic mass is 32.1. The lowest BCUT2D eigenvalue weighted by Gasteiger charge is -2.00. The minimum atomic E-state index is -0.683. The fraction of sp³-hybridized carbons (Fsp3) is 0.0714. The summed E-state index contributed by atoms with van der Waals surface area (Å²) >= 11 is 1.39. The van der Waals surface area contributed by atoms with Crippen LogP contribution in [0.1, 0.15) is 15.9 Å². The first-order valence-electron chi connectivity index (χ1n) is 5.92. The van der Waals surface area contributed by atoms with E-state index in [4.69, 9.17) is 0 Å². The smallest absolute Gasteiger partial charge is 0.257 e. The van der Waals surface area contributed by atoms with Crippen LogP contribution in [0.15, 0.2) is 36.5 Å². The number of aromatic nitrogens is 2. The Labute approximate surface area is 118 Å². The molecule has 0 aliphatic heterocycles. The summed E-state index contributed by atoms with van der Waals surface area (Å²) in [5.41, 5.74) is 2.18. The number of halogens is 1. The fourth-order valence-electron chi connectivity index (χ4n) is 1.80. The van der Waals surface area contributed by atoms with Crippen LogP contribution in [0.5, 0.6) is 0 Å². The summed E-state index contributed by atoms with van der Waals surface area (Å²) < 4.78 is 14.0. The number of fused-ring (bicyclic) bond motifs is 1. The molecule has 6 heteroatoms. The molecule has 2 aromatic heterocycles. The molecule has 0 fully saturated rings. The number of carbonyl (C=O) groups excluding carboxylic acids is 1. The van der Waals surface area contributed by atoms with Crippen LogP contribution in [-0.2, 0) is 0 Å². The fourth-order valence-corrected chi connectivity index (χ4v) is 2.76. The van der Waals surface area contributed by atoms with Crippen molar-refractivity contribution in [3.8, 4) is 0 Å². The second kappa shape index (κ2) is 4.97. The van der Waals surface area contributed by atoms with E-state index >= 15 is 0 Å². The van der Waals surface area contributed by atoms with Gasteiger partial charge in [-0.15, -0.1) is 0 Å². The first-order valence-corrected chi connectivity index (χ1v) is 6.73. The molecule has 1 amide bonds. The van der Waals surface area contributed by atoms with Gasteiger partial charge in [0, 0.05) is 17.8 Å². The van der Waals surface area contributed by atoms with E-state index in [0.29, 0.717) is 5.13 Å². The summed E-state index contributed by atoms with van der Waals surface area (Å²) in [6, 6.07) is 8.42. The normalized spacial score (nSPS) is 10.7. The van der Waals surface area contributed by atoms with Crippen molar-refractivity contribution in [3.63, 3.8) is 0 Å². The zero-order valence-electron chi connectivity index (χ0n) is 10.6. The predicted octanol–water partition coefficient (Wildman–Crippen LogP) is 3.39. The van der Waals surface area contributed by atoms with Crippen LogP contribution in [0.3, 0.4) is 0 Å². The van der Waals surface area contributed by atoms with Crippen LogP contribution in [0.2, 0.25) is 0 Å². The molecule has 0 saturated heterocycles. The highest BCUT2D eigenvalue weighted by molar-refractivity contribution is 7.22. The first-order chi connectivity index (χ1) is 9.61. The van der Waals surface area contributed by atoms with Gasteiger partial charge in [-0.2, -0.15) is 4.39 Å². The summed E-state index contributed by atoms with van der Waals surface area (Å²) in [6.07, 6.45) is 1.26. The molecule has 0 saturated carbocycles. The lowest BCUT2D eigenvalue weighted by atomic mass is 10.2. The largest absolute Gasteiger partial charge is 0.298 e. The summed E-state index contributed by atoms with van der Waals surface area (Å²) in [6.45, 7) is 2.00. The lowest BCUT2D eigenvalue weighted by molar-refractivity contribution is 0.102. The van der Waals surface area contributed by atoms with Crippen molar-refractivity contribution in [2.75, 3.05) is 5.32 Å².